The summed E-state index contributed by atoms with van der Waals surface area (Å²) in [7, 11) is 0. The van der Waals surface area contributed by atoms with Crippen LogP contribution in [0.1, 0.15) is 544 Å². The minimum Gasteiger partial charge on any atom is -0.492 e. The van der Waals surface area contributed by atoms with Crippen molar-refractivity contribution in [3.63, 3.8) is 0 Å². The monoisotopic (exact) mass is 1980 g/mol. The molecule has 0 bridgehead atoms. The lowest BCUT2D eigenvalue weighted by atomic mass is 9.96. The Hall–Kier alpha value is -10.2. The first-order valence-corrected chi connectivity index (χ1v) is 59.6. The Bertz CT molecular complexity index is 4700. The van der Waals surface area contributed by atoms with Gasteiger partial charge in [0.2, 0.25) is 0 Å². The molecule has 0 spiro atoms. The van der Waals surface area contributed by atoms with Crippen LogP contribution in [0, 0.1) is 72.1 Å². The minimum absolute atomic E-state index is 0.522. The summed E-state index contributed by atoms with van der Waals surface area (Å²) in [6.07, 6.45) is 97.8. The first-order chi connectivity index (χ1) is 72.2. The average molecular weight is 1980 g/mol. The average Bonchev–Trinajstić information content (AvgIpc) is 0.808. The fraction of sp³-hybridized carbons (Fsp3) is 0.580. The largest absolute Gasteiger partial charge is 0.492 e. The van der Waals surface area contributed by atoms with Gasteiger partial charge in [0.05, 0.1) is 97.4 Å². The molecule has 0 amide bonds. The zero-order valence-electron chi connectivity index (χ0n) is 93.2. The molecule has 0 saturated heterocycles. The van der Waals surface area contributed by atoms with Crippen LogP contribution >= 0.6 is 0 Å². The first kappa shape index (κ1) is 123. The van der Waals surface area contributed by atoms with E-state index in [1.807, 2.05) is 24.3 Å². The number of terminal acetylenes is 2. The van der Waals surface area contributed by atoms with Crippen molar-refractivity contribution in [2.75, 3.05) is 52.9 Å². The summed E-state index contributed by atoms with van der Waals surface area (Å²) in [5.74, 6) is 41.1. The van der Waals surface area contributed by atoms with Gasteiger partial charge in [0.15, 0.2) is 0 Å². The normalized spacial score (nSPS) is 11.1. The molecule has 0 unspecified atom stereocenters. The molecule has 0 saturated carbocycles. The SMILES string of the molecule is C#Cc1cc(OCCCCCCCCCC)c(C#Cc2cc(OCCCCCCCCCC)c(C#Cc3cc(/C=C/c4ccccc4)c(C#Cc4cc(OCCCCCCCCCC)c(C#Cc5cc(OCCCCCCCCCC)c(C#C)cc5OCCCCCCCCCC)cc4OCCCCCCCCCC)cc3/C=C/c3ccccc3)cc2OCCCCCCCCCC)cc1OCCCCCCCCCC. The highest BCUT2D eigenvalue weighted by Gasteiger charge is 2.20. The zero-order chi connectivity index (χ0) is 103. The van der Waals surface area contributed by atoms with E-state index in [1.54, 1.807) is 0 Å². The van der Waals surface area contributed by atoms with Gasteiger partial charge in [-0.15, -0.1) is 12.8 Å². The Kier molecular flexibility index (Phi) is 70.3. The first-order valence-electron chi connectivity index (χ1n) is 59.6. The van der Waals surface area contributed by atoms with Crippen molar-refractivity contribution < 1.29 is 37.9 Å². The Morgan fingerprint density at radius 1 is 0.164 bits per heavy atom. The lowest BCUT2D eigenvalue weighted by Crippen LogP contribution is -2.04. The van der Waals surface area contributed by atoms with Crippen molar-refractivity contribution >= 4 is 24.3 Å². The van der Waals surface area contributed by atoms with E-state index in [0.717, 1.165) is 158 Å². The molecule has 0 aliphatic rings. The van der Waals surface area contributed by atoms with Crippen molar-refractivity contribution in [3.8, 4) is 118 Å². The van der Waals surface area contributed by atoms with E-state index in [0.29, 0.717) is 121 Å². The van der Waals surface area contributed by atoms with Crippen LogP contribution in [-0.2, 0) is 0 Å². The summed E-state index contributed by atoms with van der Waals surface area (Å²) in [6.45, 7) is 22.6. The molecule has 146 heavy (non-hydrogen) atoms. The highest BCUT2D eigenvalue weighted by molar-refractivity contribution is 5.80. The fourth-order valence-corrected chi connectivity index (χ4v) is 18.5. The van der Waals surface area contributed by atoms with Gasteiger partial charge in [0, 0.05) is 59.7 Å². The fourth-order valence-electron chi connectivity index (χ4n) is 18.5. The van der Waals surface area contributed by atoms with Gasteiger partial charge < -0.3 is 37.9 Å². The molecule has 0 aliphatic heterocycles. The van der Waals surface area contributed by atoms with E-state index in [1.165, 1.54) is 308 Å². The van der Waals surface area contributed by atoms with Gasteiger partial charge in [-0.25, -0.2) is 0 Å². The lowest BCUT2D eigenvalue weighted by molar-refractivity contribution is 0.294. The van der Waals surface area contributed by atoms with Crippen LogP contribution in [0.25, 0.3) is 24.3 Å². The Morgan fingerprint density at radius 2 is 0.308 bits per heavy atom. The summed E-state index contributed by atoms with van der Waals surface area (Å²) in [4.78, 5) is 0. The molecule has 0 heterocycles. The molecule has 0 aromatic heterocycles. The smallest absolute Gasteiger partial charge is 0.136 e. The Labute approximate surface area is 892 Å². The quantitative estimate of drug-likeness (QED) is 0.0212. The molecule has 0 fully saturated rings. The number of benzene rings is 7. The molecule has 0 N–H and O–H groups in total. The van der Waals surface area contributed by atoms with Crippen LogP contribution < -0.4 is 37.9 Å². The van der Waals surface area contributed by atoms with Crippen molar-refractivity contribution in [2.24, 2.45) is 0 Å². The molecule has 7 rings (SSSR count). The van der Waals surface area contributed by atoms with Crippen molar-refractivity contribution in [1.82, 2.24) is 0 Å². The standard InChI is InChI=1S/C138H194O8/c1-11-21-29-37-45-53-61-75-99-139-131-111-127(133(109-119(131)19-9)141-101-77-63-55-47-39-31-23-13-3)95-97-129-115-135(143-103-79-65-57-49-41-33-25-15-5)125(113-137(129)145-105-81-67-59-51-43-35-27-17-7)93-91-123-107-122(90-88-118-85-73-70-74-86-118)124(108-121(123)89-87-117-83-71-69-72-84-117)92-94-126-114-138(146-106-82-68-60-52-44-36-28-18-8)130(116-136(126)144-104-80-66-58-50-42-34-26-16-6)98-96-128-112-132(140-100-76-62-54-46-38-30-22-12-2)120(20-10)110-134(128)142-102-78-64-56-48-40-32-24-14-4/h9-10,69-74,83-90,107-116H,11-18,21-68,75-82,99-106H2,1-8H3/b89-87+,90-88+. The van der Waals surface area contributed by atoms with E-state index in [9.17, 15) is 0 Å². The van der Waals surface area contributed by atoms with Gasteiger partial charge in [-0.3, -0.25) is 0 Å². The van der Waals surface area contributed by atoms with Crippen LogP contribution in [0.5, 0.6) is 46.0 Å². The maximum absolute atomic E-state index is 7.11. The molecular formula is C138H194O8. The molecule has 7 aromatic rings. The third-order valence-corrected chi connectivity index (χ3v) is 27.7. The Morgan fingerprint density at radius 3 is 0.473 bits per heavy atom. The predicted octanol–water partition coefficient (Wildman–Crippen LogP) is 39.7. The summed E-state index contributed by atoms with van der Waals surface area (Å²) in [6, 6.07) is 41.8. The number of ether oxygens (including phenoxy) is 8. The summed E-state index contributed by atoms with van der Waals surface area (Å²) < 4.78 is 55.2. The number of hydrogen-bond acceptors (Lipinski definition) is 8. The molecule has 0 aliphatic carbocycles. The predicted molar refractivity (Wildman–Crippen MR) is 628 cm³/mol. The molecule has 8 nitrogen and oxygen atoms in total. The topological polar surface area (TPSA) is 73.8 Å². The maximum atomic E-state index is 7.11. The molecular weight excluding hydrogens is 1790 g/mol. The van der Waals surface area contributed by atoms with Crippen LogP contribution in [0.15, 0.2) is 121 Å². The molecule has 7 aromatic carbocycles. The van der Waals surface area contributed by atoms with E-state index in [4.69, 9.17) is 50.7 Å². The molecule has 794 valence electrons. The van der Waals surface area contributed by atoms with Gasteiger partial charge >= 0.3 is 0 Å². The second-order valence-corrected chi connectivity index (χ2v) is 40.8. The Balaban J connectivity index is 1.45. The molecule has 8 heteroatoms. The van der Waals surface area contributed by atoms with Gasteiger partial charge in [0.25, 0.3) is 0 Å². The van der Waals surface area contributed by atoms with Crippen LogP contribution in [0.3, 0.4) is 0 Å². The summed E-state index contributed by atoms with van der Waals surface area (Å²) >= 11 is 0. The molecule has 0 atom stereocenters. The maximum Gasteiger partial charge on any atom is 0.136 e. The highest BCUT2D eigenvalue weighted by Crippen LogP contribution is 2.37. The van der Waals surface area contributed by atoms with Crippen molar-refractivity contribution in [2.45, 2.75) is 466 Å². The summed E-state index contributed by atoms with van der Waals surface area (Å²) in [5, 5.41) is 0. The van der Waals surface area contributed by atoms with Crippen LogP contribution in [-0.4, -0.2) is 52.9 Å². The molecule has 0 radical (unpaired) electrons. The van der Waals surface area contributed by atoms with Gasteiger partial charge in [-0.2, -0.15) is 0 Å². The third kappa shape index (κ3) is 54.6. The second kappa shape index (κ2) is 83.7. The van der Waals surface area contributed by atoms with E-state index in [-0.39, 0.29) is 0 Å². The minimum atomic E-state index is 0.522. The van der Waals surface area contributed by atoms with Crippen LogP contribution in [0.4, 0.5) is 0 Å². The number of unbranched alkanes of at least 4 members (excludes halogenated alkanes) is 56. The zero-order valence-corrected chi connectivity index (χ0v) is 93.2. The lowest BCUT2D eigenvalue weighted by Gasteiger charge is -2.15. The number of hydrogen-bond donors (Lipinski definition) is 0. The van der Waals surface area contributed by atoms with Gasteiger partial charge in [-0.05, 0) is 85.8 Å². The third-order valence-electron chi connectivity index (χ3n) is 27.7. The van der Waals surface area contributed by atoms with Crippen molar-refractivity contribution in [3.05, 3.63) is 199 Å². The summed E-state index contributed by atoms with van der Waals surface area (Å²) in [5.41, 5.74) is 11.2. The van der Waals surface area contributed by atoms with E-state index < -0.39 is 0 Å². The van der Waals surface area contributed by atoms with E-state index in [2.05, 4.69) is 236 Å². The van der Waals surface area contributed by atoms with Crippen LogP contribution in [0.2, 0.25) is 0 Å². The second-order valence-electron chi connectivity index (χ2n) is 40.8. The highest BCUT2D eigenvalue weighted by atomic mass is 16.5. The van der Waals surface area contributed by atoms with E-state index >= 15 is 0 Å². The number of rotatable bonds is 84. The van der Waals surface area contributed by atoms with Crippen molar-refractivity contribution in [1.29, 1.82) is 0 Å². The van der Waals surface area contributed by atoms with Gasteiger partial charge in [-0.1, -0.05) is 559 Å². The van der Waals surface area contributed by atoms with Gasteiger partial charge in [0.1, 0.15) is 46.0 Å².